The van der Waals surface area contributed by atoms with Gasteiger partial charge >= 0.3 is 97.3 Å². The van der Waals surface area contributed by atoms with Crippen molar-refractivity contribution in [1.29, 1.82) is 0 Å². The zero-order valence-corrected chi connectivity index (χ0v) is 25.6. The molecule has 0 saturated carbocycles. The van der Waals surface area contributed by atoms with Gasteiger partial charge in [-0.15, -0.1) is 0 Å². The Kier molecular flexibility index (Phi) is 14.8. The van der Waals surface area contributed by atoms with Gasteiger partial charge in [0.15, 0.2) is 0 Å². The smallest absolute Gasteiger partial charge is 0.460 e. The van der Waals surface area contributed by atoms with Gasteiger partial charge in [0, 0.05) is 12.0 Å². The number of hydrogen-bond donors (Lipinski definition) is 1. The van der Waals surface area contributed by atoms with E-state index in [1.54, 1.807) is 0 Å². The second-order valence-corrected chi connectivity index (χ2v) is 9.99. The van der Waals surface area contributed by atoms with Crippen LogP contribution in [-0.4, -0.2) is 102 Å². The molecule has 0 bridgehead atoms. The van der Waals surface area contributed by atoms with E-state index in [4.69, 9.17) is 5.11 Å². The predicted molar refractivity (Wildman–Crippen MR) is 108 cm³/mol. The molecule has 352 valence electrons. The van der Waals surface area contributed by atoms with E-state index in [-0.39, 0.29) is 0 Å². The van der Waals surface area contributed by atoms with Crippen molar-refractivity contribution >= 4 is 5.97 Å². The Balaban J connectivity index is 6.42. The number of aliphatic carboxylic acids is 1. The molecular weight excluding hydrogens is 957 g/mol. The maximum absolute atomic E-state index is 13.6. The van der Waals surface area contributed by atoms with Gasteiger partial charge in [-0.2, -0.15) is 136 Å². The van der Waals surface area contributed by atoms with Crippen LogP contribution in [0.5, 0.6) is 0 Å². The molecule has 0 unspecified atom stereocenters. The van der Waals surface area contributed by atoms with Gasteiger partial charge in [-0.3, -0.25) is 0 Å². The summed E-state index contributed by atoms with van der Waals surface area (Å²) in [5.74, 6) is -19.0. The molecule has 0 aliphatic rings. The third-order valence-corrected chi connectivity index (χ3v) is 5.39. The fourth-order valence-electron chi connectivity index (χ4n) is 2.47. The first-order valence-corrected chi connectivity index (χ1v) is 12.5. The summed E-state index contributed by atoms with van der Waals surface area (Å²) in [5, 5.41) is 8.36. The lowest BCUT2D eigenvalue weighted by atomic mass is 10.1. The Morgan fingerprint density at radius 3 is 0.763 bits per heavy atom. The van der Waals surface area contributed by atoms with E-state index in [1.165, 1.54) is 4.74 Å². The predicted octanol–water partition coefficient (Wildman–Crippen LogP) is 10.5. The third-order valence-electron chi connectivity index (χ3n) is 5.39. The largest absolute Gasteiger partial charge is 0.478 e. The summed E-state index contributed by atoms with van der Waals surface area (Å²) in [6.45, 7) is 2.50. The number of carboxylic acids is 1. The van der Waals surface area contributed by atoms with Crippen LogP contribution in [0, 0.1) is 0 Å². The van der Waals surface area contributed by atoms with Crippen LogP contribution >= 0.6 is 0 Å². The Morgan fingerprint density at radius 1 is 0.356 bits per heavy atom. The van der Waals surface area contributed by atoms with Crippen LogP contribution in [0.3, 0.4) is 0 Å². The van der Waals surface area contributed by atoms with Crippen molar-refractivity contribution in [1.82, 2.24) is 0 Å². The topological polar surface area (TPSA) is 92.7 Å². The molecule has 8 nitrogen and oxygen atoms in total. The minimum Gasteiger partial charge on any atom is -0.478 e. The molecule has 1 N–H and O–H groups in total. The fraction of sp³-hybridized carbons (Fsp3) is 0.850. The molecule has 0 saturated heterocycles. The molecule has 0 aromatic heterocycles. The number of halogens is 31. The van der Waals surface area contributed by atoms with Gasteiger partial charge in [-0.05, 0) is 6.42 Å². The van der Waals surface area contributed by atoms with Crippen molar-refractivity contribution in [2.75, 3.05) is 0 Å². The van der Waals surface area contributed by atoms with E-state index in [0.717, 1.165) is 18.9 Å². The number of ether oxygens (including phenoxy) is 6. The summed E-state index contributed by atoms with van der Waals surface area (Å²) < 4.78 is 418. The van der Waals surface area contributed by atoms with Gasteiger partial charge < -0.3 is 5.11 Å². The highest BCUT2D eigenvalue weighted by molar-refractivity contribution is 5.85. The highest BCUT2D eigenvalue weighted by Crippen LogP contribution is 2.58. The van der Waals surface area contributed by atoms with E-state index in [0.29, 0.717) is 0 Å². The summed E-state index contributed by atoms with van der Waals surface area (Å²) in [7, 11) is 0. The van der Waals surface area contributed by atoms with E-state index in [1.807, 2.05) is 4.74 Å². The Labute approximate surface area is 298 Å². The molecule has 0 aliphatic carbocycles. The highest BCUT2D eigenvalue weighted by Gasteiger charge is 2.86. The quantitative estimate of drug-likeness (QED) is 0.0800. The summed E-state index contributed by atoms with van der Waals surface area (Å²) in [4.78, 5) is 10.4. The molecule has 0 aromatic carbocycles. The third kappa shape index (κ3) is 11.6. The standard InChI is InChI=1S/C20H7F31O8/c1-4(5(52)53)2-3-6(21,22)54-11(32,33)12(34,35)56-15(40,41)16(42,43)58-19(48,49)20(50,51)59-18(46,47)17(44,45)57-14(38,39)13(36,37)55-10(30,31)8(25,26)7(23,24)9(27,28)29/h1-3H2,(H,52,53). The van der Waals surface area contributed by atoms with Gasteiger partial charge in [0.1, 0.15) is 0 Å². The molecular formula is C20H7F31O8. The zero-order chi connectivity index (χ0) is 48.3. The van der Waals surface area contributed by atoms with Crippen molar-refractivity contribution in [3.8, 4) is 0 Å². The fourth-order valence-corrected chi connectivity index (χ4v) is 2.47. The minimum absolute atomic E-state index is 0.930. The van der Waals surface area contributed by atoms with E-state index < -0.39 is 116 Å². The van der Waals surface area contributed by atoms with Gasteiger partial charge in [0.2, 0.25) is 0 Å². The summed E-state index contributed by atoms with van der Waals surface area (Å²) in [6, 6.07) is 0. The molecule has 0 radical (unpaired) electrons. The molecule has 39 heteroatoms. The number of carboxylic acid groups (broad SMARTS) is 1. The average Bonchev–Trinajstić information content (AvgIpc) is 2.91. The van der Waals surface area contributed by atoms with Gasteiger partial charge in [0.05, 0.1) is 0 Å². The monoisotopic (exact) mass is 964 g/mol. The molecule has 0 aliphatic heterocycles. The number of carbonyl (C=O) groups is 1. The summed E-state index contributed by atoms with van der Waals surface area (Å²) >= 11 is 0. The molecule has 0 amide bonds. The van der Waals surface area contributed by atoms with Gasteiger partial charge in [-0.1, -0.05) is 6.58 Å². The second kappa shape index (κ2) is 15.6. The SMILES string of the molecule is C=C(CCC(F)(F)OC(F)(F)C(F)(F)OC(F)(F)C(F)(F)OC(F)(F)C(F)(F)OC(F)(F)C(F)(F)OC(F)(F)C(F)(F)OC(F)(F)C(F)(F)C(F)(F)C(F)(F)F)C(=O)O. The highest BCUT2D eigenvalue weighted by atomic mass is 19.4. The lowest BCUT2D eigenvalue weighted by Gasteiger charge is -2.38. The molecule has 0 fully saturated rings. The van der Waals surface area contributed by atoms with Crippen LogP contribution in [0.25, 0.3) is 0 Å². The first-order chi connectivity index (χ1) is 25.1. The van der Waals surface area contributed by atoms with Crippen molar-refractivity contribution < 1.29 is 174 Å². The van der Waals surface area contributed by atoms with E-state index >= 15 is 0 Å². The normalized spacial score (nSPS) is 16.1. The lowest BCUT2D eigenvalue weighted by molar-refractivity contribution is -0.595. The average molecular weight is 964 g/mol. The summed E-state index contributed by atoms with van der Waals surface area (Å²) in [5.41, 5.74) is -1.34. The number of alkyl halides is 31. The maximum atomic E-state index is 13.6. The Bertz CT molecular complexity index is 1500. The maximum Gasteiger partial charge on any atom is 0.460 e. The van der Waals surface area contributed by atoms with Crippen LogP contribution in [0.4, 0.5) is 136 Å². The van der Waals surface area contributed by atoms with Crippen molar-refractivity contribution in [3.63, 3.8) is 0 Å². The second-order valence-electron chi connectivity index (χ2n) is 9.99. The first kappa shape index (κ1) is 55.8. The van der Waals surface area contributed by atoms with Crippen LogP contribution in [0.2, 0.25) is 0 Å². The van der Waals surface area contributed by atoms with Crippen LogP contribution in [0.15, 0.2) is 12.2 Å². The van der Waals surface area contributed by atoms with Crippen LogP contribution < -0.4 is 0 Å². The van der Waals surface area contributed by atoms with Crippen molar-refractivity contribution in [3.05, 3.63) is 12.2 Å². The minimum atomic E-state index is -8.54. The molecule has 0 rings (SSSR count). The van der Waals surface area contributed by atoms with E-state index in [9.17, 15) is 141 Å². The molecule has 0 heterocycles. The summed E-state index contributed by atoms with van der Waals surface area (Å²) in [6.07, 6.45) is -109. The molecule has 0 atom stereocenters. The molecule has 59 heavy (non-hydrogen) atoms. The van der Waals surface area contributed by atoms with Crippen molar-refractivity contribution in [2.24, 2.45) is 0 Å². The Hall–Kier alpha value is -3.20. The Morgan fingerprint density at radius 2 is 0.559 bits per heavy atom. The van der Waals surface area contributed by atoms with Gasteiger partial charge in [0.25, 0.3) is 0 Å². The van der Waals surface area contributed by atoms with Crippen LogP contribution in [-0.2, 0) is 33.2 Å². The molecule has 0 aromatic rings. The van der Waals surface area contributed by atoms with Gasteiger partial charge in [-0.25, -0.2) is 33.2 Å². The molecule has 0 spiro atoms. The van der Waals surface area contributed by atoms with Crippen molar-refractivity contribution in [2.45, 2.75) is 104 Å². The van der Waals surface area contributed by atoms with E-state index in [2.05, 4.69) is 6.58 Å². The lowest BCUT2D eigenvalue weighted by Crippen LogP contribution is -2.65. The number of rotatable bonds is 23. The van der Waals surface area contributed by atoms with Crippen LogP contribution in [0.1, 0.15) is 12.8 Å². The number of hydrogen-bond acceptors (Lipinski definition) is 7. The zero-order valence-electron chi connectivity index (χ0n) is 25.6. The first-order valence-electron chi connectivity index (χ1n) is 12.5.